The Bertz CT molecular complexity index is 783. The largest absolute Gasteiger partial charge is 0.510 e. The predicted octanol–water partition coefficient (Wildman–Crippen LogP) is 7.50. The number of carbonyl (C=O) groups excluding carboxylic acids is 3. The number of allylic oxidation sites excluding steroid dienone is 3. The summed E-state index contributed by atoms with van der Waals surface area (Å²) in [6.07, 6.45) is 4.36. The normalized spacial score (nSPS) is 16.4. The van der Waals surface area contributed by atoms with Crippen molar-refractivity contribution in [1.29, 1.82) is 0 Å². The number of carbonyl (C=O) groups is 3. The summed E-state index contributed by atoms with van der Waals surface area (Å²) in [6, 6.07) is 0. The Morgan fingerprint density at radius 3 is 1.79 bits per heavy atom. The summed E-state index contributed by atoms with van der Waals surface area (Å²) in [6.45, 7) is 17.9. The fourth-order valence-electron chi connectivity index (χ4n) is 4.32. The third-order valence-electron chi connectivity index (χ3n) is 6.61. The lowest BCUT2D eigenvalue weighted by molar-refractivity contribution is -0.139. The molecule has 0 aliphatic heterocycles. The number of ketones is 2. The van der Waals surface area contributed by atoms with Gasteiger partial charge in [0, 0.05) is 17.9 Å². The zero-order valence-electron chi connectivity index (χ0n) is 23.0. The number of rotatable bonds is 14. The molecule has 1 N–H and O–H groups in total. The van der Waals surface area contributed by atoms with Crippen LogP contribution in [-0.4, -0.2) is 22.6 Å². The second-order valence-electron chi connectivity index (χ2n) is 11.5. The summed E-state index contributed by atoms with van der Waals surface area (Å²) < 4.78 is 5.73. The summed E-state index contributed by atoms with van der Waals surface area (Å²) in [5, 5.41) is 11.7. The molecular formula is C29H48O5. The highest BCUT2D eigenvalue weighted by Gasteiger charge is 2.51. The van der Waals surface area contributed by atoms with Gasteiger partial charge in [0.05, 0.1) is 11.0 Å². The average Bonchev–Trinajstić information content (AvgIpc) is 2.72. The van der Waals surface area contributed by atoms with E-state index in [1.54, 1.807) is 13.8 Å². The number of hydrogen-bond acceptors (Lipinski definition) is 5. The maximum Gasteiger partial charge on any atom is 0.311 e. The van der Waals surface area contributed by atoms with Gasteiger partial charge in [-0.25, -0.2) is 0 Å². The van der Waals surface area contributed by atoms with Crippen LogP contribution in [0.1, 0.15) is 114 Å². The van der Waals surface area contributed by atoms with E-state index < -0.39 is 17.3 Å². The molecular weight excluding hydrogens is 428 g/mol. The van der Waals surface area contributed by atoms with E-state index in [0.29, 0.717) is 49.0 Å². The lowest BCUT2D eigenvalue weighted by Crippen LogP contribution is -2.42. The van der Waals surface area contributed by atoms with E-state index in [-0.39, 0.29) is 35.1 Å². The van der Waals surface area contributed by atoms with Crippen molar-refractivity contribution in [2.45, 2.75) is 114 Å². The molecule has 0 saturated heterocycles. The molecule has 5 nitrogen and oxygen atoms in total. The minimum Gasteiger partial charge on any atom is -0.510 e. The molecule has 5 heteroatoms. The second kappa shape index (κ2) is 13.3. The zero-order valence-corrected chi connectivity index (χ0v) is 23.0. The van der Waals surface area contributed by atoms with Gasteiger partial charge in [0.25, 0.3) is 0 Å². The Hall–Kier alpha value is -1.91. The third-order valence-corrected chi connectivity index (χ3v) is 6.61. The van der Waals surface area contributed by atoms with Crippen LogP contribution in [0.3, 0.4) is 0 Å². The number of aliphatic hydroxyl groups excluding tert-OH is 1. The maximum atomic E-state index is 14.2. The van der Waals surface area contributed by atoms with Gasteiger partial charge in [-0.2, -0.15) is 0 Å². The molecule has 0 spiro atoms. The van der Waals surface area contributed by atoms with E-state index in [0.717, 1.165) is 19.3 Å². The van der Waals surface area contributed by atoms with Crippen molar-refractivity contribution < 1.29 is 24.2 Å². The smallest absolute Gasteiger partial charge is 0.311 e. The van der Waals surface area contributed by atoms with Gasteiger partial charge >= 0.3 is 5.97 Å². The lowest BCUT2D eigenvalue weighted by Gasteiger charge is -2.39. The fourth-order valence-corrected chi connectivity index (χ4v) is 4.32. The Morgan fingerprint density at radius 2 is 1.38 bits per heavy atom. The van der Waals surface area contributed by atoms with Crippen LogP contribution in [0.4, 0.5) is 0 Å². The molecule has 0 unspecified atom stereocenters. The fraction of sp³-hybridized carbons (Fsp3) is 0.759. The van der Waals surface area contributed by atoms with Crippen LogP contribution < -0.4 is 0 Å². The van der Waals surface area contributed by atoms with E-state index in [2.05, 4.69) is 41.5 Å². The first-order chi connectivity index (χ1) is 15.8. The number of aliphatic hydroxyl groups is 1. The maximum absolute atomic E-state index is 14.2. The summed E-state index contributed by atoms with van der Waals surface area (Å²) in [5.41, 5.74) is -0.709. The molecule has 0 saturated carbocycles. The average molecular weight is 477 g/mol. The monoisotopic (exact) mass is 476 g/mol. The van der Waals surface area contributed by atoms with Gasteiger partial charge in [-0.1, -0.05) is 62.3 Å². The van der Waals surface area contributed by atoms with E-state index in [1.807, 2.05) is 6.92 Å². The van der Waals surface area contributed by atoms with Crippen LogP contribution in [0.5, 0.6) is 0 Å². The molecule has 0 amide bonds. The molecule has 1 aliphatic rings. The van der Waals surface area contributed by atoms with Gasteiger partial charge < -0.3 is 9.84 Å². The predicted molar refractivity (Wildman–Crippen MR) is 137 cm³/mol. The summed E-state index contributed by atoms with van der Waals surface area (Å²) in [5.74, 6) is -0.528. The second-order valence-corrected chi connectivity index (χ2v) is 11.5. The minimum atomic E-state index is -1.15. The van der Waals surface area contributed by atoms with Crippen molar-refractivity contribution in [2.24, 2.45) is 29.1 Å². The van der Waals surface area contributed by atoms with Crippen molar-refractivity contribution in [3.63, 3.8) is 0 Å². The number of ether oxygens (including phenoxy) is 1. The van der Waals surface area contributed by atoms with Crippen LogP contribution in [0.25, 0.3) is 0 Å². The summed E-state index contributed by atoms with van der Waals surface area (Å²) in [4.78, 5) is 40.2. The first-order valence-electron chi connectivity index (χ1n) is 13.2. The highest BCUT2D eigenvalue weighted by atomic mass is 16.5. The van der Waals surface area contributed by atoms with Crippen LogP contribution >= 0.6 is 0 Å². The summed E-state index contributed by atoms with van der Waals surface area (Å²) >= 11 is 0. The zero-order chi connectivity index (χ0) is 26.2. The molecule has 0 aromatic heterocycles. The van der Waals surface area contributed by atoms with E-state index in [1.165, 1.54) is 0 Å². The Labute approximate surface area is 207 Å². The molecule has 0 fully saturated rings. The standard InChI is InChI=1S/C29H48O5/c1-10-11-23(30)34-26-22(13-12-18(2)3)27(32)29(16-14-19(4)5,17-15-20(6)7)28(33)24(26)25(31)21(8)9/h18-21,33H,10-17H2,1-9H3. The van der Waals surface area contributed by atoms with Crippen LogP contribution in [0.2, 0.25) is 0 Å². The molecule has 1 aliphatic carbocycles. The van der Waals surface area contributed by atoms with Gasteiger partial charge in [-0.3, -0.25) is 14.4 Å². The van der Waals surface area contributed by atoms with Gasteiger partial charge in [0.1, 0.15) is 5.76 Å². The van der Waals surface area contributed by atoms with Gasteiger partial charge in [0.15, 0.2) is 17.3 Å². The van der Waals surface area contributed by atoms with Crippen molar-refractivity contribution in [3.05, 3.63) is 22.7 Å². The van der Waals surface area contributed by atoms with Gasteiger partial charge in [-0.05, 0) is 62.7 Å². The summed E-state index contributed by atoms with van der Waals surface area (Å²) in [7, 11) is 0. The van der Waals surface area contributed by atoms with Crippen molar-refractivity contribution >= 4 is 17.5 Å². The highest BCUT2D eigenvalue weighted by Crippen LogP contribution is 2.49. The van der Waals surface area contributed by atoms with Crippen molar-refractivity contribution in [1.82, 2.24) is 0 Å². The van der Waals surface area contributed by atoms with Crippen LogP contribution in [-0.2, 0) is 19.1 Å². The molecule has 0 aromatic rings. The van der Waals surface area contributed by atoms with Crippen molar-refractivity contribution in [2.75, 3.05) is 0 Å². The van der Waals surface area contributed by atoms with Crippen LogP contribution in [0.15, 0.2) is 22.7 Å². The minimum absolute atomic E-state index is 0.00465. The van der Waals surface area contributed by atoms with E-state index >= 15 is 0 Å². The molecule has 0 aromatic carbocycles. The van der Waals surface area contributed by atoms with Gasteiger partial charge in [0.2, 0.25) is 0 Å². The Morgan fingerprint density at radius 1 is 0.882 bits per heavy atom. The van der Waals surface area contributed by atoms with Crippen molar-refractivity contribution in [3.8, 4) is 0 Å². The van der Waals surface area contributed by atoms with E-state index in [9.17, 15) is 19.5 Å². The lowest BCUT2D eigenvalue weighted by atomic mass is 9.64. The molecule has 1 rings (SSSR count). The van der Waals surface area contributed by atoms with Gasteiger partial charge in [-0.15, -0.1) is 0 Å². The number of Topliss-reactive ketones (excluding diaryl/α,β-unsaturated/α-hetero) is 2. The highest BCUT2D eigenvalue weighted by molar-refractivity contribution is 6.11. The Kier molecular flexibility index (Phi) is 11.7. The van der Waals surface area contributed by atoms with E-state index in [4.69, 9.17) is 4.74 Å². The molecule has 0 heterocycles. The quantitative estimate of drug-likeness (QED) is 0.263. The SMILES string of the molecule is CCCC(=O)OC1=C(CCC(C)C)C(=O)C(CCC(C)C)(CCC(C)C)C(O)=C1C(=O)C(C)C. The topological polar surface area (TPSA) is 80.7 Å². The molecule has 194 valence electrons. The number of esters is 1. The first kappa shape index (κ1) is 30.1. The molecule has 0 bridgehead atoms. The first-order valence-corrected chi connectivity index (χ1v) is 13.2. The molecule has 0 radical (unpaired) electrons. The third kappa shape index (κ3) is 7.55. The van der Waals surface area contributed by atoms with Crippen LogP contribution in [0, 0.1) is 29.1 Å². The molecule has 34 heavy (non-hydrogen) atoms. The number of hydrogen-bond donors (Lipinski definition) is 1. The Balaban J connectivity index is 3.88. The molecule has 0 atom stereocenters.